The summed E-state index contributed by atoms with van der Waals surface area (Å²) in [5.41, 5.74) is 6.54. The number of aromatic amines is 1. The summed E-state index contributed by atoms with van der Waals surface area (Å²) in [5.74, 6) is -2.92. The second-order valence-corrected chi connectivity index (χ2v) is 7.53. The van der Waals surface area contributed by atoms with Crippen LogP contribution in [-0.4, -0.2) is 88.2 Å². The number of carboxylic acid groups (broad SMARTS) is 2. The summed E-state index contributed by atoms with van der Waals surface area (Å²) >= 11 is 0. The predicted octanol–water partition coefficient (Wildman–Crippen LogP) is -1.97. The Labute approximate surface area is 210 Å². The van der Waals surface area contributed by atoms with Crippen molar-refractivity contribution in [2.24, 2.45) is 0 Å². The number of nitrogen functional groups attached to an aromatic ring is 1. The molecule has 0 saturated heterocycles. The molecule has 1 aromatic heterocycles. The fraction of sp³-hybridized carbons (Fsp3) is 0.350. The van der Waals surface area contributed by atoms with Crippen LogP contribution in [0.2, 0.25) is 0 Å². The minimum atomic E-state index is -1.55. The molecular formula is C20H24MgN7O6+. The number of fused-ring (bicyclic) bond motifs is 1. The van der Waals surface area contributed by atoms with Gasteiger partial charge >= 0.3 is 29.0 Å². The van der Waals surface area contributed by atoms with Gasteiger partial charge in [0, 0.05) is 37.8 Å². The van der Waals surface area contributed by atoms with Crippen LogP contribution in [-0.2, 0) is 9.59 Å². The largest absolute Gasteiger partial charge is 2.00 e. The van der Waals surface area contributed by atoms with Gasteiger partial charge in [-0.15, -0.1) is 0 Å². The smallest absolute Gasteiger partial charge is 0.548 e. The number of carboxylic acids is 2. The third-order valence-electron chi connectivity index (χ3n) is 5.24. The number of H-pyrrole nitrogens is 1. The third-order valence-corrected chi connectivity index (χ3v) is 5.24. The molecule has 0 saturated carbocycles. The quantitative estimate of drug-likeness (QED) is 0.216. The number of amides is 1. The summed E-state index contributed by atoms with van der Waals surface area (Å²) in [5, 5.41) is 28.4. The number of rotatable bonds is 9. The molecule has 2 aromatic rings. The van der Waals surface area contributed by atoms with Crippen molar-refractivity contribution in [2.45, 2.75) is 24.9 Å². The first-order chi connectivity index (χ1) is 15.7. The molecule has 0 aliphatic carbocycles. The molecule has 2 heterocycles. The topological polar surface area (TPSA) is 206 Å². The van der Waals surface area contributed by atoms with E-state index in [2.05, 4.69) is 25.9 Å². The fourth-order valence-electron chi connectivity index (χ4n) is 3.41. The molecule has 0 unspecified atom stereocenters. The molecule has 0 radical (unpaired) electrons. The third kappa shape index (κ3) is 6.51. The molecule has 2 atom stereocenters. The summed E-state index contributed by atoms with van der Waals surface area (Å²) in [6.07, 6.45) is -0.688. The predicted molar refractivity (Wildman–Crippen MR) is 124 cm³/mol. The second-order valence-electron chi connectivity index (χ2n) is 7.53. The molecule has 1 aromatic carbocycles. The molecule has 3 rings (SSSR count). The number of hydrogen-bond donors (Lipinski definition) is 6. The van der Waals surface area contributed by atoms with Gasteiger partial charge in [-0.05, 0) is 30.7 Å². The molecule has 7 N–H and O–H groups in total. The van der Waals surface area contributed by atoms with Crippen LogP contribution in [0.4, 0.5) is 23.1 Å². The van der Waals surface area contributed by atoms with E-state index < -0.39 is 30.3 Å². The number of anilines is 4. The minimum absolute atomic E-state index is 0. The van der Waals surface area contributed by atoms with Crippen molar-refractivity contribution in [3.8, 4) is 0 Å². The maximum absolute atomic E-state index is 12.3. The van der Waals surface area contributed by atoms with E-state index in [1.807, 2.05) is 4.90 Å². The average molecular weight is 483 g/mol. The van der Waals surface area contributed by atoms with Gasteiger partial charge in [-0.25, -0.2) is 0 Å². The van der Waals surface area contributed by atoms with Crippen LogP contribution in [0.3, 0.4) is 0 Å². The van der Waals surface area contributed by atoms with E-state index in [9.17, 15) is 24.3 Å². The van der Waals surface area contributed by atoms with Crippen LogP contribution in [0, 0.1) is 0 Å². The molecule has 0 spiro atoms. The molecular weight excluding hydrogens is 459 g/mol. The Kier molecular flexibility index (Phi) is 9.09. The van der Waals surface area contributed by atoms with E-state index in [1.54, 1.807) is 19.2 Å². The first kappa shape index (κ1) is 26.7. The zero-order chi connectivity index (χ0) is 24.1. The van der Waals surface area contributed by atoms with E-state index in [-0.39, 0.29) is 52.6 Å². The average Bonchev–Trinajstić information content (AvgIpc) is 2.75. The second kappa shape index (κ2) is 11.6. The maximum atomic E-state index is 12.3. The normalized spacial score (nSPS) is 15.2. The summed E-state index contributed by atoms with van der Waals surface area (Å²) in [4.78, 5) is 54.7. The van der Waals surface area contributed by atoms with Crippen LogP contribution in [0.15, 0.2) is 29.1 Å². The van der Waals surface area contributed by atoms with Crippen molar-refractivity contribution in [1.29, 1.82) is 0 Å². The number of aliphatic carboxylic acids is 2. The van der Waals surface area contributed by atoms with Crippen LogP contribution >= 0.6 is 0 Å². The number of carbonyl (C=O) groups excluding carboxylic acids is 2. The standard InChI is InChI=1S/C20H25N7O6.Mg/c1-27-12(9-23-16-15(27)18(31)26-20(21)25-16)8-22-11-4-2-10(3-5-11)17(30)24-13(19(32)33)6-7-14(28)29;/h2-5,12-13,22H,6-9H2,1H3,(H,24,30)(H,28,29)(H,32,33)(H4,21,23,25,26,31);/q;+2/p-1/t12-,13-;/m0./s1. The van der Waals surface area contributed by atoms with E-state index in [1.165, 1.54) is 12.1 Å². The molecule has 176 valence electrons. The Bertz CT molecular complexity index is 1110. The van der Waals surface area contributed by atoms with Gasteiger partial charge in [0.15, 0.2) is 5.82 Å². The number of aromatic nitrogens is 2. The molecule has 13 nitrogen and oxygen atoms in total. The first-order valence-electron chi connectivity index (χ1n) is 10.1. The Balaban J connectivity index is 0.00000408. The zero-order valence-electron chi connectivity index (χ0n) is 18.5. The van der Waals surface area contributed by atoms with Gasteiger partial charge in [-0.1, -0.05) is 0 Å². The van der Waals surface area contributed by atoms with E-state index in [0.29, 0.717) is 30.3 Å². The summed E-state index contributed by atoms with van der Waals surface area (Å²) in [7, 11) is 1.78. The number of benzene rings is 1. The number of carbonyl (C=O) groups is 3. The maximum Gasteiger partial charge on any atom is 2.00 e. The molecule has 14 heteroatoms. The van der Waals surface area contributed by atoms with Crippen molar-refractivity contribution in [2.75, 3.05) is 41.4 Å². The Morgan fingerprint density at radius 2 is 2.00 bits per heavy atom. The van der Waals surface area contributed by atoms with Gasteiger partial charge in [-0.3, -0.25) is 19.4 Å². The van der Waals surface area contributed by atoms with E-state index in [0.717, 1.165) is 0 Å². The van der Waals surface area contributed by atoms with Crippen LogP contribution < -0.4 is 37.2 Å². The number of likely N-dealkylation sites (N-methyl/N-ethyl adjacent to an activating group) is 1. The Hall–Kier alpha value is -3.52. The van der Waals surface area contributed by atoms with Crippen molar-refractivity contribution >= 4 is 64.0 Å². The fourth-order valence-corrected chi connectivity index (χ4v) is 3.41. The van der Waals surface area contributed by atoms with Crippen LogP contribution in [0.1, 0.15) is 23.2 Å². The molecule has 0 fully saturated rings. The van der Waals surface area contributed by atoms with Crippen LogP contribution in [0.25, 0.3) is 0 Å². The molecule has 34 heavy (non-hydrogen) atoms. The van der Waals surface area contributed by atoms with Gasteiger partial charge in [-0.2, -0.15) is 4.98 Å². The summed E-state index contributed by atoms with van der Waals surface area (Å²) < 4.78 is 0. The zero-order valence-corrected chi connectivity index (χ0v) is 19.9. The van der Waals surface area contributed by atoms with Gasteiger partial charge < -0.3 is 41.6 Å². The first-order valence-corrected chi connectivity index (χ1v) is 10.1. The van der Waals surface area contributed by atoms with Crippen LogP contribution in [0.5, 0.6) is 0 Å². The number of nitrogens with two attached hydrogens (primary N) is 1. The van der Waals surface area contributed by atoms with Gasteiger partial charge in [0.05, 0.1) is 18.1 Å². The molecule has 0 bridgehead atoms. The van der Waals surface area contributed by atoms with Crippen molar-refractivity contribution in [3.05, 3.63) is 40.2 Å². The Morgan fingerprint density at radius 3 is 2.62 bits per heavy atom. The van der Waals surface area contributed by atoms with Gasteiger partial charge in [0.25, 0.3) is 11.5 Å². The monoisotopic (exact) mass is 482 g/mol. The van der Waals surface area contributed by atoms with Crippen molar-refractivity contribution in [1.82, 2.24) is 15.3 Å². The van der Waals surface area contributed by atoms with Crippen molar-refractivity contribution < 1.29 is 24.6 Å². The number of nitrogens with one attached hydrogen (secondary N) is 4. The number of nitrogens with zero attached hydrogens (tertiary/aromatic N) is 2. The molecule has 1 aliphatic heterocycles. The minimum Gasteiger partial charge on any atom is -0.548 e. The SMILES string of the molecule is CN1c2c(nc(N)[nH]c2=O)NC[C@@H]1CNc1ccc(C(=O)N[C@@H](CCC(=O)O)C(=O)[O-])cc1.[Mg+2]. The molecule has 1 aliphatic rings. The van der Waals surface area contributed by atoms with E-state index in [4.69, 9.17) is 10.8 Å². The van der Waals surface area contributed by atoms with Gasteiger partial charge in [0.1, 0.15) is 5.69 Å². The summed E-state index contributed by atoms with van der Waals surface area (Å²) in [6, 6.07) is 4.84. The van der Waals surface area contributed by atoms with Crippen molar-refractivity contribution in [3.63, 3.8) is 0 Å². The Morgan fingerprint density at radius 1 is 1.32 bits per heavy atom. The number of hydrogen-bond acceptors (Lipinski definition) is 10. The van der Waals surface area contributed by atoms with Gasteiger partial charge in [0.2, 0.25) is 5.95 Å². The van der Waals surface area contributed by atoms with E-state index >= 15 is 0 Å². The summed E-state index contributed by atoms with van der Waals surface area (Å²) in [6.45, 7) is 0.994. The molecule has 1 amide bonds.